The van der Waals surface area contributed by atoms with E-state index in [-0.39, 0.29) is 0 Å². The Morgan fingerprint density at radius 3 is 2.76 bits per heavy atom. The first-order valence-corrected chi connectivity index (χ1v) is 8.11. The van der Waals surface area contributed by atoms with Crippen LogP contribution < -0.4 is 0 Å². The van der Waals surface area contributed by atoms with E-state index in [0.29, 0.717) is 19.1 Å². The van der Waals surface area contributed by atoms with Gasteiger partial charge in [0.2, 0.25) is 5.79 Å². The van der Waals surface area contributed by atoms with Gasteiger partial charge in [-0.25, -0.2) is 0 Å². The lowest BCUT2D eigenvalue weighted by Crippen LogP contribution is -2.34. The van der Waals surface area contributed by atoms with Gasteiger partial charge in [0.25, 0.3) is 0 Å². The zero-order valence-corrected chi connectivity index (χ0v) is 13.0. The van der Waals surface area contributed by atoms with Crippen LogP contribution in [0.15, 0.2) is 51.5 Å². The van der Waals surface area contributed by atoms with Crippen molar-refractivity contribution in [2.45, 2.75) is 24.0 Å². The van der Waals surface area contributed by atoms with Gasteiger partial charge in [-0.3, -0.25) is 0 Å². The summed E-state index contributed by atoms with van der Waals surface area (Å²) in [6.07, 6.45) is 3.05. The molecule has 1 fully saturated rings. The summed E-state index contributed by atoms with van der Waals surface area (Å²) in [5.41, 5.74) is 2.24. The summed E-state index contributed by atoms with van der Waals surface area (Å²) < 4.78 is 17.8. The Morgan fingerprint density at radius 2 is 2.00 bits per heavy atom. The number of hydrogen-bond acceptors (Lipinski definition) is 4. The zero-order chi connectivity index (χ0) is 14.4. The van der Waals surface area contributed by atoms with E-state index < -0.39 is 5.79 Å². The van der Waals surface area contributed by atoms with Crippen LogP contribution in [0.25, 0.3) is 0 Å². The Hall–Kier alpha value is -1.23. The number of benzene rings is 1. The Balaban J connectivity index is 1.94. The smallest absolute Gasteiger partial charge is 0.224 e. The van der Waals surface area contributed by atoms with E-state index in [1.165, 1.54) is 9.80 Å². The van der Waals surface area contributed by atoms with Crippen LogP contribution in [-0.4, -0.2) is 20.3 Å². The molecule has 21 heavy (non-hydrogen) atoms. The van der Waals surface area contributed by atoms with E-state index in [9.17, 15) is 0 Å². The summed E-state index contributed by atoms with van der Waals surface area (Å²) in [7, 11) is 1.73. The molecule has 1 aromatic carbocycles. The summed E-state index contributed by atoms with van der Waals surface area (Å²) in [5, 5.41) is 0. The van der Waals surface area contributed by atoms with E-state index in [2.05, 4.69) is 31.2 Å². The summed E-state index contributed by atoms with van der Waals surface area (Å²) in [5.74, 6) is 0.679. The van der Waals surface area contributed by atoms with Crippen LogP contribution in [0.3, 0.4) is 0 Å². The molecule has 2 heterocycles. The lowest BCUT2D eigenvalue weighted by atomic mass is 9.87. The van der Waals surface area contributed by atoms with Crippen LogP contribution >= 0.6 is 11.8 Å². The molecule has 1 saturated heterocycles. The van der Waals surface area contributed by atoms with E-state index in [1.54, 1.807) is 7.11 Å². The maximum Gasteiger partial charge on any atom is 0.224 e. The van der Waals surface area contributed by atoms with Gasteiger partial charge in [-0.15, -0.1) is 0 Å². The fourth-order valence-electron chi connectivity index (χ4n) is 3.32. The molecule has 3 nitrogen and oxygen atoms in total. The van der Waals surface area contributed by atoms with Gasteiger partial charge in [0.1, 0.15) is 0 Å². The molecule has 110 valence electrons. The quantitative estimate of drug-likeness (QED) is 0.788. The fraction of sp³-hybridized carbons (Fsp3) is 0.412. The van der Waals surface area contributed by atoms with Crippen molar-refractivity contribution in [1.29, 1.82) is 0 Å². The lowest BCUT2D eigenvalue weighted by Gasteiger charge is -2.39. The molecule has 0 amide bonds. The van der Waals surface area contributed by atoms with Crippen LogP contribution in [0.4, 0.5) is 0 Å². The van der Waals surface area contributed by atoms with E-state index in [0.717, 1.165) is 23.3 Å². The molecule has 1 aliphatic carbocycles. The number of allylic oxidation sites excluding steroid dienone is 2. The number of fused-ring (bicyclic) bond motifs is 3. The molecule has 1 unspecified atom stereocenters. The Labute approximate surface area is 129 Å². The van der Waals surface area contributed by atoms with Gasteiger partial charge in [0.15, 0.2) is 0 Å². The third-order valence-electron chi connectivity index (χ3n) is 4.30. The number of rotatable bonds is 1. The first kappa shape index (κ1) is 13.4. The minimum absolute atomic E-state index is 0.419. The zero-order valence-electron chi connectivity index (χ0n) is 12.2. The molecule has 1 atom stereocenters. The average Bonchev–Trinajstić information content (AvgIpc) is 2.99. The molecule has 4 heteroatoms. The molecule has 0 bridgehead atoms. The number of hydrogen-bond donors (Lipinski definition) is 0. The highest BCUT2D eigenvalue weighted by Gasteiger charge is 2.49. The Bertz CT molecular complexity index is 641. The highest BCUT2D eigenvalue weighted by atomic mass is 32.2. The van der Waals surface area contributed by atoms with E-state index >= 15 is 0 Å². The van der Waals surface area contributed by atoms with Gasteiger partial charge in [-0.05, 0) is 18.1 Å². The van der Waals surface area contributed by atoms with Crippen molar-refractivity contribution in [3.8, 4) is 0 Å². The van der Waals surface area contributed by atoms with Gasteiger partial charge in [-0.1, -0.05) is 36.9 Å². The number of methoxy groups -OCH3 is 1. The van der Waals surface area contributed by atoms with Crippen LogP contribution in [-0.2, 0) is 20.0 Å². The van der Waals surface area contributed by atoms with Crippen LogP contribution in [0.1, 0.15) is 18.9 Å². The maximum absolute atomic E-state index is 6.12. The topological polar surface area (TPSA) is 27.7 Å². The van der Waals surface area contributed by atoms with Gasteiger partial charge in [0.05, 0.1) is 26.1 Å². The van der Waals surface area contributed by atoms with Crippen molar-refractivity contribution < 1.29 is 14.2 Å². The van der Waals surface area contributed by atoms with Crippen molar-refractivity contribution in [1.82, 2.24) is 0 Å². The molecule has 3 aliphatic rings. The highest BCUT2D eigenvalue weighted by Crippen LogP contribution is 2.55. The molecule has 0 N–H and O–H groups in total. The third-order valence-corrected chi connectivity index (χ3v) is 5.72. The van der Waals surface area contributed by atoms with Crippen LogP contribution in [0.2, 0.25) is 0 Å². The van der Waals surface area contributed by atoms with Crippen LogP contribution in [0.5, 0.6) is 0 Å². The molecule has 0 aromatic heterocycles. The van der Waals surface area contributed by atoms with Crippen molar-refractivity contribution in [2.24, 2.45) is 5.92 Å². The third kappa shape index (κ3) is 1.90. The predicted octanol–water partition coefficient (Wildman–Crippen LogP) is 3.82. The number of ether oxygens (including phenoxy) is 3. The van der Waals surface area contributed by atoms with E-state index in [4.69, 9.17) is 14.2 Å². The van der Waals surface area contributed by atoms with Gasteiger partial charge in [-0.2, -0.15) is 0 Å². The second-order valence-electron chi connectivity index (χ2n) is 5.61. The summed E-state index contributed by atoms with van der Waals surface area (Å²) in [6.45, 7) is 3.49. The SMILES string of the molecule is COC1=CC2=C(Sc3ccccc3C23OCCO3)C(C)C1. The Kier molecular flexibility index (Phi) is 3.14. The van der Waals surface area contributed by atoms with Gasteiger partial charge in [0, 0.05) is 27.4 Å². The second kappa shape index (κ2) is 4.90. The predicted molar refractivity (Wildman–Crippen MR) is 81.8 cm³/mol. The molecule has 4 rings (SSSR count). The monoisotopic (exact) mass is 302 g/mol. The number of thioether (sulfide) groups is 1. The standard InChI is InChI=1S/C17H18O3S/c1-11-9-12(18-2)10-14-16(11)21-15-6-4-3-5-13(15)17(14)19-7-8-20-17/h3-6,10-11H,7-9H2,1-2H3. The fourth-order valence-corrected chi connectivity index (χ4v) is 4.60. The average molecular weight is 302 g/mol. The minimum Gasteiger partial charge on any atom is -0.501 e. The molecule has 1 spiro atoms. The normalized spacial score (nSPS) is 26.4. The van der Waals surface area contributed by atoms with Gasteiger partial charge < -0.3 is 14.2 Å². The Morgan fingerprint density at radius 1 is 1.24 bits per heavy atom. The first-order chi connectivity index (χ1) is 10.2. The lowest BCUT2D eigenvalue weighted by molar-refractivity contribution is -0.134. The molecule has 0 saturated carbocycles. The summed E-state index contributed by atoms with van der Waals surface area (Å²) in [6, 6.07) is 8.38. The van der Waals surface area contributed by atoms with E-state index in [1.807, 2.05) is 17.8 Å². The summed E-state index contributed by atoms with van der Waals surface area (Å²) in [4.78, 5) is 2.58. The molecule has 0 radical (unpaired) electrons. The first-order valence-electron chi connectivity index (χ1n) is 7.29. The van der Waals surface area contributed by atoms with Crippen molar-refractivity contribution >= 4 is 11.8 Å². The van der Waals surface area contributed by atoms with Gasteiger partial charge >= 0.3 is 0 Å². The van der Waals surface area contributed by atoms with Crippen molar-refractivity contribution in [2.75, 3.05) is 20.3 Å². The highest BCUT2D eigenvalue weighted by molar-refractivity contribution is 8.03. The molecule has 2 aliphatic heterocycles. The van der Waals surface area contributed by atoms with Crippen molar-refractivity contribution in [3.05, 3.63) is 52.1 Å². The minimum atomic E-state index is -0.740. The van der Waals surface area contributed by atoms with Crippen LogP contribution in [0, 0.1) is 5.92 Å². The maximum atomic E-state index is 6.12. The largest absolute Gasteiger partial charge is 0.501 e. The molecule has 1 aromatic rings. The summed E-state index contributed by atoms with van der Waals surface area (Å²) >= 11 is 1.84. The second-order valence-corrected chi connectivity index (χ2v) is 6.69. The molecular weight excluding hydrogens is 284 g/mol. The molecular formula is C17H18O3S. The van der Waals surface area contributed by atoms with Crippen molar-refractivity contribution in [3.63, 3.8) is 0 Å².